The summed E-state index contributed by atoms with van der Waals surface area (Å²) in [5.74, 6) is 0.724. The molecule has 0 amide bonds. The molecule has 4 aromatic heterocycles. The van der Waals surface area contributed by atoms with Gasteiger partial charge in [-0.3, -0.25) is 0 Å². The molecule has 0 bridgehead atoms. The first-order chi connectivity index (χ1) is 25.3. The summed E-state index contributed by atoms with van der Waals surface area (Å²) in [6.07, 6.45) is 0. The lowest BCUT2D eigenvalue weighted by molar-refractivity contribution is 1.17. The topological polar surface area (TPSA) is 35.6 Å². The first kappa shape index (κ1) is 28.3. The summed E-state index contributed by atoms with van der Waals surface area (Å²) in [7, 11) is 0. The van der Waals surface area contributed by atoms with Crippen LogP contribution in [0.1, 0.15) is 0 Å². The van der Waals surface area contributed by atoms with Crippen LogP contribution < -0.4 is 0 Å². The van der Waals surface area contributed by atoms with Crippen molar-refractivity contribution >= 4 is 75.3 Å². The van der Waals surface area contributed by atoms with E-state index in [9.17, 15) is 0 Å². The molecule has 0 aliphatic rings. The second-order valence-corrected chi connectivity index (χ2v) is 14.1. The fourth-order valence-corrected chi connectivity index (χ4v) is 9.03. The third kappa shape index (κ3) is 4.25. The number of hydrogen-bond acceptors (Lipinski definition) is 3. The Morgan fingerprint density at radius 1 is 0.392 bits per heavy atom. The van der Waals surface area contributed by atoms with Gasteiger partial charge in [-0.1, -0.05) is 103 Å². The first-order valence-electron chi connectivity index (χ1n) is 17.2. The SMILES string of the molecule is c1ccc(-n2c3ccccc3c3cc(-c4nc(-c5cccc(-n6c7ccccc7c7ccccc76)c5)c5sc6ccccc6c5n4)ccc32)cc1. The van der Waals surface area contributed by atoms with E-state index >= 15 is 0 Å². The molecule has 0 unspecified atom stereocenters. The van der Waals surface area contributed by atoms with Crippen molar-refractivity contribution < 1.29 is 0 Å². The molecular weight excluding hydrogens is 641 g/mol. The standard InChI is InChI=1S/C46H28N4S/c1-2-14-31(15-3-1)49-40-23-10-6-19-35(40)37-28-30(25-26-41(37)49)46-47-43(45-44(48-46)36-20-7-11-24-42(36)51-45)29-13-12-16-32(27-29)50-38-21-8-4-17-33(38)34-18-5-9-22-39(34)50/h1-28H. The second kappa shape index (κ2) is 11.0. The molecule has 0 spiro atoms. The summed E-state index contributed by atoms with van der Waals surface area (Å²) >= 11 is 1.77. The molecule has 7 aromatic carbocycles. The molecule has 0 atom stereocenters. The van der Waals surface area contributed by atoms with Crippen LogP contribution in [0.2, 0.25) is 0 Å². The molecule has 11 rings (SSSR count). The maximum Gasteiger partial charge on any atom is 0.160 e. The highest BCUT2D eigenvalue weighted by molar-refractivity contribution is 7.26. The zero-order valence-electron chi connectivity index (χ0n) is 27.4. The Hall–Kier alpha value is -6.56. The van der Waals surface area contributed by atoms with Crippen LogP contribution in [0.4, 0.5) is 0 Å². The Morgan fingerprint density at radius 3 is 1.69 bits per heavy atom. The molecule has 11 aromatic rings. The molecule has 5 heteroatoms. The van der Waals surface area contributed by atoms with Crippen molar-refractivity contribution in [3.05, 3.63) is 170 Å². The van der Waals surface area contributed by atoms with Crippen molar-refractivity contribution in [2.75, 3.05) is 0 Å². The third-order valence-corrected chi connectivity index (χ3v) is 11.3. The van der Waals surface area contributed by atoms with Gasteiger partial charge in [-0.25, -0.2) is 9.97 Å². The number of aromatic nitrogens is 4. The van der Waals surface area contributed by atoms with Crippen LogP contribution in [-0.2, 0) is 0 Å². The lowest BCUT2D eigenvalue weighted by Crippen LogP contribution is -1.97. The first-order valence-corrected chi connectivity index (χ1v) is 18.0. The van der Waals surface area contributed by atoms with Crippen molar-refractivity contribution in [1.29, 1.82) is 0 Å². The van der Waals surface area contributed by atoms with E-state index in [0.717, 1.165) is 55.1 Å². The van der Waals surface area contributed by atoms with E-state index in [0.29, 0.717) is 0 Å². The molecule has 238 valence electrons. The quantitative estimate of drug-likeness (QED) is 0.187. The Balaban J connectivity index is 1.15. The molecule has 0 saturated heterocycles. The summed E-state index contributed by atoms with van der Waals surface area (Å²) in [6, 6.07) is 60.6. The van der Waals surface area contributed by atoms with Gasteiger partial charge in [0.2, 0.25) is 0 Å². The molecule has 0 aliphatic heterocycles. The van der Waals surface area contributed by atoms with Crippen LogP contribution in [0.3, 0.4) is 0 Å². The number of benzene rings is 7. The van der Waals surface area contributed by atoms with Gasteiger partial charge in [-0.2, -0.15) is 0 Å². The fraction of sp³-hybridized carbons (Fsp3) is 0. The van der Waals surface area contributed by atoms with Crippen molar-refractivity contribution in [3.63, 3.8) is 0 Å². The minimum Gasteiger partial charge on any atom is -0.309 e. The van der Waals surface area contributed by atoms with Crippen molar-refractivity contribution in [2.45, 2.75) is 0 Å². The van der Waals surface area contributed by atoms with Crippen molar-refractivity contribution in [1.82, 2.24) is 19.1 Å². The van der Waals surface area contributed by atoms with E-state index in [-0.39, 0.29) is 0 Å². The highest BCUT2D eigenvalue weighted by Gasteiger charge is 2.20. The lowest BCUT2D eigenvalue weighted by atomic mass is 10.1. The number of rotatable bonds is 4. The average Bonchev–Trinajstić information content (AvgIpc) is 3.85. The molecule has 0 fully saturated rings. The third-order valence-electron chi connectivity index (χ3n) is 10.1. The Labute approximate surface area is 297 Å². The molecule has 0 radical (unpaired) electrons. The van der Waals surface area contributed by atoms with Gasteiger partial charge in [0, 0.05) is 54.1 Å². The van der Waals surface area contributed by atoms with Crippen LogP contribution in [0, 0.1) is 0 Å². The molecule has 0 saturated carbocycles. The van der Waals surface area contributed by atoms with Crippen LogP contribution >= 0.6 is 11.3 Å². The Bertz CT molecular complexity index is 3090. The Morgan fingerprint density at radius 2 is 0.961 bits per heavy atom. The van der Waals surface area contributed by atoms with E-state index < -0.39 is 0 Å². The second-order valence-electron chi connectivity index (χ2n) is 13.0. The predicted octanol–water partition coefficient (Wildman–Crippen LogP) is 12.4. The van der Waals surface area contributed by atoms with Crippen LogP contribution in [0.5, 0.6) is 0 Å². The number of para-hydroxylation sites is 4. The number of hydrogen-bond donors (Lipinski definition) is 0. The summed E-state index contributed by atoms with van der Waals surface area (Å²) < 4.78 is 7.02. The number of nitrogens with zero attached hydrogens (tertiary/aromatic N) is 4. The minimum atomic E-state index is 0.724. The number of thiophene rings is 1. The molecular formula is C46H28N4S. The summed E-state index contributed by atoms with van der Waals surface area (Å²) in [5.41, 5.74) is 11.0. The van der Waals surface area contributed by atoms with E-state index in [2.05, 4.69) is 179 Å². The molecule has 4 nitrogen and oxygen atoms in total. The zero-order chi connectivity index (χ0) is 33.5. The van der Waals surface area contributed by atoms with Crippen LogP contribution in [0.15, 0.2) is 170 Å². The van der Waals surface area contributed by atoms with E-state index in [4.69, 9.17) is 9.97 Å². The Kier molecular flexibility index (Phi) is 6.09. The molecule has 0 N–H and O–H groups in total. The smallest absolute Gasteiger partial charge is 0.160 e. The summed E-state index contributed by atoms with van der Waals surface area (Å²) in [6.45, 7) is 0. The molecule has 0 aliphatic carbocycles. The highest BCUT2D eigenvalue weighted by atomic mass is 32.1. The number of fused-ring (bicyclic) bond motifs is 9. The predicted molar refractivity (Wildman–Crippen MR) is 214 cm³/mol. The van der Waals surface area contributed by atoms with Gasteiger partial charge in [0.25, 0.3) is 0 Å². The van der Waals surface area contributed by atoms with Gasteiger partial charge >= 0.3 is 0 Å². The minimum absolute atomic E-state index is 0.724. The van der Waals surface area contributed by atoms with Crippen LogP contribution in [0.25, 0.3) is 97.9 Å². The average molecular weight is 669 g/mol. The van der Waals surface area contributed by atoms with Crippen molar-refractivity contribution in [2.24, 2.45) is 0 Å². The van der Waals surface area contributed by atoms with E-state index in [1.54, 1.807) is 11.3 Å². The van der Waals surface area contributed by atoms with Gasteiger partial charge < -0.3 is 9.13 Å². The van der Waals surface area contributed by atoms with Gasteiger partial charge in [0.05, 0.1) is 38.0 Å². The van der Waals surface area contributed by atoms with Gasteiger partial charge in [0.15, 0.2) is 5.82 Å². The highest BCUT2D eigenvalue weighted by Crippen LogP contribution is 2.41. The maximum atomic E-state index is 5.42. The van der Waals surface area contributed by atoms with Gasteiger partial charge in [0.1, 0.15) is 0 Å². The fourth-order valence-electron chi connectivity index (χ4n) is 7.88. The van der Waals surface area contributed by atoms with Crippen LogP contribution in [-0.4, -0.2) is 19.1 Å². The molecule has 51 heavy (non-hydrogen) atoms. The van der Waals surface area contributed by atoms with Gasteiger partial charge in [-0.05, 0) is 66.7 Å². The lowest BCUT2D eigenvalue weighted by Gasteiger charge is -2.12. The monoisotopic (exact) mass is 668 g/mol. The van der Waals surface area contributed by atoms with E-state index in [1.807, 2.05) is 0 Å². The summed E-state index contributed by atoms with van der Waals surface area (Å²) in [5, 5.41) is 6.04. The zero-order valence-corrected chi connectivity index (χ0v) is 28.2. The maximum absolute atomic E-state index is 5.42. The normalized spacial score (nSPS) is 11.9. The largest absolute Gasteiger partial charge is 0.309 e. The molecule has 4 heterocycles. The van der Waals surface area contributed by atoms with E-state index in [1.165, 1.54) is 42.8 Å². The van der Waals surface area contributed by atoms with Gasteiger partial charge in [-0.15, -0.1) is 11.3 Å². The van der Waals surface area contributed by atoms with Crippen molar-refractivity contribution in [3.8, 4) is 34.0 Å². The summed E-state index contributed by atoms with van der Waals surface area (Å²) in [4.78, 5) is 10.7.